The van der Waals surface area contributed by atoms with Crippen LogP contribution in [0.5, 0.6) is 11.5 Å². The van der Waals surface area contributed by atoms with Gasteiger partial charge in [0, 0.05) is 5.69 Å². The third-order valence-electron chi connectivity index (χ3n) is 3.71. The van der Waals surface area contributed by atoms with Crippen molar-refractivity contribution in [2.75, 3.05) is 19.0 Å². The zero-order valence-corrected chi connectivity index (χ0v) is 17.2. The molecular weight excluding hydrogens is 417 g/mol. The monoisotopic (exact) mass is 433 g/mol. The number of methoxy groups -OCH3 is 1. The van der Waals surface area contributed by atoms with E-state index in [9.17, 15) is 9.18 Å². The zero-order valence-electron chi connectivity index (χ0n) is 15.6. The fraction of sp³-hybridized carbons (Fsp3) is 0.150. The molecule has 0 fully saturated rings. The topological polar surface area (TPSA) is 73.3 Å². The summed E-state index contributed by atoms with van der Waals surface area (Å²) in [7, 11) is 1.56. The fourth-order valence-electron chi connectivity index (χ4n) is 2.39. The van der Waals surface area contributed by atoms with Crippen LogP contribution in [0.3, 0.4) is 0 Å². The minimum atomic E-state index is -0.451. The molecule has 0 atom stereocenters. The number of ether oxygens (including phenoxy) is 2. The Balaban J connectivity index is 1.75. The average Bonchev–Trinajstić information content (AvgIpc) is 3.21. The predicted molar refractivity (Wildman–Crippen MR) is 112 cm³/mol. The molecule has 0 saturated heterocycles. The van der Waals surface area contributed by atoms with Crippen LogP contribution in [0.25, 0.3) is 11.1 Å². The first kappa shape index (κ1) is 20.8. The van der Waals surface area contributed by atoms with Gasteiger partial charge < -0.3 is 14.8 Å². The summed E-state index contributed by atoms with van der Waals surface area (Å²) < 4.78 is 23.8. The van der Waals surface area contributed by atoms with E-state index in [-0.39, 0.29) is 10.8 Å². The lowest BCUT2D eigenvalue weighted by molar-refractivity contribution is 0.102. The number of halogens is 2. The minimum absolute atomic E-state index is 0.139. The highest BCUT2D eigenvalue weighted by atomic mass is 35.5. The van der Waals surface area contributed by atoms with E-state index in [0.29, 0.717) is 33.8 Å². The number of carbonyl (C=O) groups excluding carboxylic acids is 1. The molecule has 1 N–H and O–H groups in total. The van der Waals surface area contributed by atoms with Gasteiger partial charge in [-0.25, -0.2) is 4.39 Å². The number of hydrogen-bond donors (Lipinski definition) is 1. The van der Waals surface area contributed by atoms with Crippen LogP contribution in [0.2, 0.25) is 0 Å². The van der Waals surface area contributed by atoms with Gasteiger partial charge in [0.15, 0.2) is 16.5 Å². The number of anilines is 1. The smallest absolute Gasteiger partial charge is 0.286 e. The molecule has 6 nitrogen and oxygen atoms in total. The quantitative estimate of drug-likeness (QED) is 0.562. The normalized spacial score (nSPS) is 11.2. The van der Waals surface area contributed by atoms with E-state index in [4.69, 9.17) is 21.1 Å². The van der Waals surface area contributed by atoms with Crippen LogP contribution in [-0.4, -0.2) is 29.8 Å². The van der Waals surface area contributed by atoms with Crippen molar-refractivity contribution in [2.24, 2.45) is 0 Å². The number of aromatic nitrogens is 2. The summed E-state index contributed by atoms with van der Waals surface area (Å²) in [5, 5.41) is 11.3. The molecule has 0 radical (unpaired) electrons. The zero-order chi connectivity index (χ0) is 20.8. The first-order valence-electron chi connectivity index (χ1n) is 8.59. The van der Waals surface area contributed by atoms with Crippen molar-refractivity contribution in [1.82, 2.24) is 10.2 Å². The van der Waals surface area contributed by atoms with Crippen molar-refractivity contribution < 1.29 is 18.7 Å². The number of nitrogens with zero attached hydrogens (tertiary/aromatic N) is 2. The third-order valence-corrected chi connectivity index (χ3v) is 5.06. The predicted octanol–water partition coefficient (Wildman–Crippen LogP) is 5.07. The van der Waals surface area contributed by atoms with Crippen LogP contribution in [0.1, 0.15) is 27.3 Å². The molecule has 0 aliphatic carbocycles. The molecule has 0 spiro atoms. The van der Waals surface area contributed by atoms with Gasteiger partial charge in [-0.15, -0.1) is 10.2 Å². The van der Waals surface area contributed by atoms with Gasteiger partial charge >= 0.3 is 0 Å². The van der Waals surface area contributed by atoms with Crippen LogP contribution in [0.4, 0.5) is 10.1 Å². The molecule has 0 bridgehead atoms. The molecular formula is C20H17ClFN3O3S. The van der Waals surface area contributed by atoms with E-state index in [0.717, 1.165) is 16.9 Å². The SMILES string of the molecule is CCOc1ccc(C=C(Cl)c2nnc(C(=O)Nc3ccc(F)cc3)s2)cc1OC. The number of rotatable bonds is 7. The van der Waals surface area contributed by atoms with Crippen molar-refractivity contribution in [3.8, 4) is 11.5 Å². The molecule has 0 unspecified atom stereocenters. The molecule has 0 aliphatic rings. The van der Waals surface area contributed by atoms with Gasteiger partial charge in [0.1, 0.15) is 5.82 Å². The van der Waals surface area contributed by atoms with Crippen molar-refractivity contribution in [3.05, 3.63) is 63.9 Å². The minimum Gasteiger partial charge on any atom is -0.493 e. The number of hydrogen-bond acceptors (Lipinski definition) is 6. The number of benzene rings is 2. The van der Waals surface area contributed by atoms with E-state index in [1.54, 1.807) is 25.3 Å². The third kappa shape index (κ3) is 5.30. The molecule has 150 valence electrons. The van der Waals surface area contributed by atoms with Crippen molar-refractivity contribution in [1.29, 1.82) is 0 Å². The molecule has 9 heteroatoms. The summed E-state index contributed by atoms with van der Waals surface area (Å²) in [6.45, 7) is 2.42. The van der Waals surface area contributed by atoms with E-state index in [1.165, 1.54) is 24.3 Å². The van der Waals surface area contributed by atoms with E-state index in [1.807, 2.05) is 13.0 Å². The maximum Gasteiger partial charge on any atom is 0.286 e. The Morgan fingerprint density at radius 1 is 1.17 bits per heavy atom. The summed E-state index contributed by atoms with van der Waals surface area (Å²) in [5.41, 5.74) is 1.24. The van der Waals surface area contributed by atoms with Crippen LogP contribution in [-0.2, 0) is 0 Å². The van der Waals surface area contributed by atoms with Gasteiger partial charge in [-0.2, -0.15) is 0 Å². The van der Waals surface area contributed by atoms with Gasteiger partial charge in [-0.05, 0) is 55.0 Å². The van der Waals surface area contributed by atoms with E-state index < -0.39 is 5.91 Å². The highest BCUT2D eigenvalue weighted by Crippen LogP contribution is 2.31. The summed E-state index contributed by atoms with van der Waals surface area (Å²) in [6.07, 6.45) is 1.70. The highest BCUT2D eigenvalue weighted by Gasteiger charge is 2.15. The van der Waals surface area contributed by atoms with Gasteiger partial charge in [0.05, 0.1) is 18.7 Å². The summed E-state index contributed by atoms with van der Waals surface area (Å²) in [6, 6.07) is 10.8. The first-order valence-corrected chi connectivity index (χ1v) is 9.78. The Bertz CT molecular complexity index is 1040. The lowest BCUT2D eigenvalue weighted by Crippen LogP contribution is -2.11. The summed E-state index contributed by atoms with van der Waals surface area (Å²) in [4.78, 5) is 12.3. The Hall–Kier alpha value is -2.97. The molecule has 1 aromatic heterocycles. The standard InChI is InChI=1S/C20H17ClFN3O3S/c1-3-28-16-9-4-12(11-17(16)27-2)10-15(21)19-24-25-20(29-19)18(26)23-14-7-5-13(22)6-8-14/h4-11H,3H2,1-2H3,(H,23,26). The Kier molecular flexibility index (Phi) is 6.79. The van der Waals surface area contributed by atoms with Crippen LogP contribution >= 0.6 is 22.9 Å². The molecule has 3 rings (SSSR count). The van der Waals surface area contributed by atoms with Crippen LogP contribution < -0.4 is 14.8 Å². The number of nitrogens with one attached hydrogen (secondary N) is 1. The molecule has 29 heavy (non-hydrogen) atoms. The molecule has 0 saturated carbocycles. The first-order chi connectivity index (χ1) is 14.0. The average molecular weight is 434 g/mol. The van der Waals surface area contributed by atoms with Crippen LogP contribution in [0.15, 0.2) is 42.5 Å². The Labute approximate surface area is 176 Å². The van der Waals surface area contributed by atoms with Crippen molar-refractivity contribution in [3.63, 3.8) is 0 Å². The molecule has 1 heterocycles. The number of amides is 1. The summed E-state index contributed by atoms with van der Waals surface area (Å²) >= 11 is 7.40. The van der Waals surface area contributed by atoms with Gasteiger partial charge in [-0.3, -0.25) is 4.79 Å². The van der Waals surface area contributed by atoms with Crippen molar-refractivity contribution >= 4 is 45.6 Å². The highest BCUT2D eigenvalue weighted by molar-refractivity contribution is 7.15. The Morgan fingerprint density at radius 2 is 1.90 bits per heavy atom. The van der Waals surface area contributed by atoms with E-state index >= 15 is 0 Å². The summed E-state index contributed by atoms with van der Waals surface area (Å²) in [5.74, 6) is 0.386. The second kappa shape index (κ2) is 9.49. The largest absolute Gasteiger partial charge is 0.493 e. The lowest BCUT2D eigenvalue weighted by Gasteiger charge is -2.09. The second-order valence-corrected chi connectivity index (χ2v) is 7.09. The van der Waals surface area contributed by atoms with Gasteiger partial charge in [0.25, 0.3) is 5.91 Å². The lowest BCUT2D eigenvalue weighted by atomic mass is 10.2. The maximum absolute atomic E-state index is 13.0. The second-order valence-electron chi connectivity index (χ2n) is 5.71. The van der Waals surface area contributed by atoms with Gasteiger partial charge in [0.2, 0.25) is 5.01 Å². The van der Waals surface area contributed by atoms with Gasteiger partial charge in [-0.1, -0.05) is 29.0 Å². The Morgan fingerprint density at radius 3 is 2.59 bits per heavy atom. The number of carbonyl (C=O) groups is 1. The molecule has 1 amide bonds. The van der Waals surface area contributed by atoms with Crippen LogP contribution in [0, 0.1) is 5.82 Å². The molecule has 2 aromatic carbocycles. The molecule has 3 aromatic rings. The van der Waals surface area contributed by atoms with E-state index in [2.05, 4.69) is 15.5 Å². The maximum atomic E-state index is 13.0. The fourth-order valence-corrected chi connectivity index (χ4v) is 3.31. The molecule has 0 aliphatic heterocycles. The van der Waals surface area contributed by atoms with Crippen molar-refractivity contribution in [2.45, 2.75) is 6.92 Å².